The van der Waals surface area contributed by atoms with E-state index in [1.54, 1.807) is 24.3 Å². The molecule has 0 bridgehead atoms. The molecule has 1 N–H and O–H groups in total. The highest BCUT2D eigenvalue weighted by Gasteiger charge is 2.16. The third kappa shape index (κ3) is 5.56. The number of benzene rings is 3. The van der Waals surface area contributed by atoms with Crippen molar-refractivity contribution in [2.24, 2.45) is 0 Å². The van der Waals surface area contributed by atoms with E-state index in [0.29, 0.717) is 5.56 Å². The largest absolute Gasteiger partial charge is 0.379 e. The number of hydrogen-bond acceptors (Lipinski definition) is 5. The number of hydrogen-bond donors (Lipinski definition) is 1. The number of anilines is 1. The molecule has 0 heterocycles. The molecule has 31 heavy (non-hydrogen) atoms. The van der Waals surface area contributed by atoms with Gasteiger partial charge in [0.2, 0.25) is 0 Å². The molecule has 156 valence electrons. The zero-order valence-electron chi connectivity index (χ0n) is 16.4. The normalized spacial score (nSPS) is 11.5. The van der Waals surface area contributed by atoms with Gasteiger partial charge in [-0.15, -0.1) is 0 Å². The fourth-order valence-corrected chi connectivity index (χ4v) is 3.50. The second kappa shape index (κ2) is 9.24. The summed E-state index contributed by atoms with van der Waals surface area (Å²) in [6.45, 7) is 1.84. The Hall–Kier alpha value is -3.96. The second-order valence-electron chi connectivity index (χ2n) is 6.52. The number of para-hydroxylation sites is 1. The van der Waals surface area contributed by atoms with Crippen LogP contribution in [0.15, 0.2) is 83.3 Å². The van der Waals surface area contributed by atoms with Gasteiger partial charge in [-0.3, -0.25) is 4.79 Å². The number of carbonyl (C=O) groups is 1. The van der Waals surface area contributed by atoms with Gasteiger partial charge in [-0.05, 0) is 55.0 Å². The van der Waals surface area contributed by atoms with E-state index in [2.05, 4.69) is 5.32 Å². The molecule has 0 spiro atoms. The first-order chi connectivity index (χ1) is 14.8. The molecule has 3 aromatic rings. The van der Waals surface area contributed by atoms with Crippen LogP contribution < -0.4 is 9.50 Å². The first-order valence-corrected chi connectivity index (χ1v) is 10.5. The Bertz CT molecular complexity index is 1280. The Balaban J connectivity index is 1.74. The van der Waals surface area contributed by atoms with Gasteiger partial charge >= 0.3 is 10.1 Å². The maximum atomic E-state index is 13.7. The van der Waals surface area contributed by atoms with Crippen molar-refractivity contribution in [1.29, 1.82) is 5.26 Å². The Morgan fingerprint density at radius 3 is 2.29 bits per heavy atom. The standard InChI is InChI=1S/C23H17FN2O4S/c1-16-6-12-20(13-7-16)31(28,29)30-19-10-8-17(9-11-19)14-18(15-25)23(27)26-22-5-3-2-4-21(22)24/h2-14H,1H3,(H,26,27)/b18-14+. The molecule has 0 aromatic heterocycles. The summed E-state index contributed by atoms with van der Waals surface area (Å²) in [6.07, 6.45) is 1.30. The monoisotopic (exact) mass is 436 g/mol. The van der Waals surface area contributed by atoms with E-state index >= 15 is 0 Å². The van der Waals surface area contributed by atoms with E-state index in [0.717, 1.165) is 5.56 Å². The lowest BCUT2D eigenvalue weighted by Gasteiger charge is -2.08. The fraction of sp³-hybridized carbons (Fsp3) is 0.0435. The molecule has 3 aromatic carbocycles. The van der Waals surface area contributed by atoms with Crippen LogP contribution in [0.3, 0.4) is 0 Å². The van der Waals surface area contributed by atoms with Crippen molar-refractivity contribution in [2.75, 3.05) is 5.32 Å². The van der Waals surface area contributed by atoms with Crippen LogP contribution in [0.4, 0.5) is 10.1 Å². The number of nitrogens with zero attached hydrogens (tertiary/aromatic N) is 1. The average molecular weight is 436 g/mol. The van der Waals surface area contributed by atoms with Gasteiger partial charge in [-0.2, -0.15) is 13.7 Å². The van der Waals surface area contributed by atoms with Gasteiger partial charge in [0.25, 0.3) is 5.91 Å². The van der Waals surface area contributed by atoms with Crippen LogP contribution in [-0.4, -0.2) is 14.3 Å². The van der Waals surface area contributed by atoms with Gasteiger partial charge in [-0.1, -0.05) is 42.0 Å². The van der Waals surface area contributed by atoms with Crippen molar-refractivity contribution in [3.63, 3.8) is 0 Å². The summed E-state index contributed by atoms with van der Waals surface area (Å²) in [7, 11) is -3.99. The van der Waals surface area contributed by atoms with Crippen LogP contribution >= 0.6 is 0 Å². The van der Waals surface area contributed by atoms with Gasteiger partial charge in [0, 0.05) is 0 Å². The topological polar surface area (TPSA) is 96.3 Å². The number of nitrogens with one attached hydrogen (secondary N) is 1. The molecule has 0 fully saturated rings. The quantitative estimate of drug-likeness (QED) is 0.350. The summed E-state index contributed by atoms with van der Waals surface area (Å²) in [4.78, 5) is 12.3. The van der Waals surface area contributed by atoms with Gasteiger partial charge in [0.15, 0.2) is 0 Å². The Labute approximate surface area is 179 Å². The smallest absolute Gasteiger partial charge is 0.339 e. The predicted octanol–water partition coefficient (Wildman–Crippen LogP) is 4.45. The number of rotatable bonds is 6. The third-order valence-corrected chi connectivity index (χ3v) is 5.46. The molecule has 0 atom stereocenters. The average Bonchev–Trinajstić information content (AvgIpc) is 2.75. The van der Waals surface area contributed by atoms with Gasteiger partial charge in [0.05, 0.1) is 5.69 Å². The molecule has 0 aliphatic heterocycles. The van der Waals surface area contributed by atoms with Crippen LogP contribution in [0.25, 0.3) is 6.08 Å². The van der Waals surface area contributed by atoms with E-state index in [1.165, 1.54) is 60.7 Å². The van der Waals surface area contributed by atoms with Crippen LogP contribution in [0, 0.1) is 24.1 Å². The summed E-state index contributed by atoms with van der Waals surface area (Å²) >= 11 is 0. The molecule has 0 saturated heterocycles. The number of nitriles is 1. The van der Waals surface area contributed by atoms with Crippen molar-refractivity contribution in [3.8, 4) is 11.8 Å². The summed E-state index contributed by atoms with van der Waals surface area (Å²) in [6, 6.07) is 19.4. The predicted molar refractivity (Wildman–Crippen MR) is 114 cm³/mol. The Morgan fingerprint density at radius 1 is 1.03 bits per heavy atom. The lowest BCUT2D eigenvalue weighted by molar-refractivity contribution is -0.112. The second-order valence-corrected chi connectivity index (χ2v) is 8.07. The summed E-state index contributed by atoms with van der Waals surface area (Å²) in [5.74, 6) is -1.31. The van der Waals surface area contributed by atoms with Crippen LogP contribution in [-0.2, 0) is 14.9 Å². The van der Waals surface area contributed by atoms with Gasteiger partial charge in [0.1, 0.15) is 28.1 Å². The minimum absolute atomic E-state index is 0.0265. The molecule has 0 saturated carbocycles. The van der Waals surface area contributed by atoms with E-state index in [4.69, 9.17) is 4.18 Å². The zero-order valence-corrected chi connectivity index (χ0v) is 17.2. The van der Waals surface area contributed by atoms with E-state index in [1.807, 2.05) is 6.92 Å². The molecule has 3 rings (SSSR count). The van der Waals surface area contributed by atoms with Gasteiger partial charge in [-0.25, -0.2) is 4.39 Å². The molecular weight excluding hydrogens is 419 g/mol. The van der Waals surface area contributed by atoms with Crippen molar-refractivity contribution in [3.05, 3.63) is 95.3 Å². The molecule has 0 aliphatic rings. The summed E-state index contributed by atoms with van der Waals surface area (Å²) in [5.41, 5.74) is 1.09. The van der Waals surface area contributed by atoms with E-state index in [9.17, 15) is 22.9 Å². The highest BCUT2D eigenvalue weighted by atomic mass is 32.2. The maximum Gasteiger partial charge on any atom is 0.339 e. The van der Waals surface area contributed by atoms with Crippen molar-refractivity contribution >= 4 is 27.8 Å². The first kappa shape index (κ1) is 21.7. The highest BCUT2D eigenvalue weighted by Crippen LogP contribution is 2.21. The molecule has 8 heteroatoms. The van der Waals surface area contributed by atoms with Crippen molar-refractivity contribution in [2.45, 2.75) is 11.8 Å². The van der Waals surface area contributed by atoms with Crippen molar-refractivity contribution in [1.82, 2.24) is 0 Å². The van der Waals surface area contributed by atoms with Crippen LogP contribution in [0.1, 0.15) is 11.1 Å². The maximum absolute atomic E-state index is 13.7. The van der Waals surface area contributed by atoms with Crippen molar-refractivity contribution < 1.29 is 21.8 Å². The third-order valence-electron chi connectivity index (χ3n) is 4.19. The van der Waals surface area contributed by atoms with Crippen LogP contribution in [0.2, 0.25) is 0 Å². The molecule has 1 amide bonds. The zero-order chi connectivity index (χ0) is 22.4. The van der Waals surface area contributed by atoms with Gasteiger partial charge < -0.3 is 9.50 Å². The molecule has 0 unspecified atom stereocenters. The van der Waals surface area contributed by atoms with E-state index < -0.39 is 21.8 Å². The number of aryl methyl sites for hydroxylation is 1. The molecule has 0 radical (unpaired) electrons. The minimum atomic E-state index is -3.99. The molecular formula is C23H17FN2O4S. The minimum Gasteiger partial charge on any atom is -0.379 e. The lowest BCUT2D eigenvalue weighted by Crippen LogP contribution is -2.14. The van der Waals surface area contributed by atoms with Crippen LogP contribution in [0.5, 0.6) is 5.75 Å². The lowest BCUT2D eigenvalue weighted by atomic mass is 10.1. The number of halogens is 1. The number of carbonyl (C=O) groups excluding carboxylic acids is 1. The highest BCUT2D eigenvalue weighted by molar-refractivity contribution is 7.87. The molecule has 0 aliphatic carbocycles. The first-order valence-electron chi connectivity index (χ1n) is 9.07. The number of amides is 1. The fourth-order valence-electron chi connectivity index (χ4n) is 2.57. The Morgan fingerprint density at radius 2 is 1.68 bits per heavy atom. The molecule has 6 nitrogen and oxygen atoms in total. The van der Waals surface area contributed by atoms with E-state index in [-0.39, 0.29) is 21.9 Å². The SMILES string of the molecule is Cc1ccc(S(=O)(=O)Oc2ccc(/C=C(\C#N)C(=O)Nc3ccccc3F)cc2)cc1. The Kier molecular flexibility index (Phi) is 6.48. The summed E-state index contributed by atoms with van der Waals surface area (Å²) in [5, 5.41) is 11.6. The summed E-state index contributed by atoms with van der Waals surface area (Å²) < 4.78 is 43.5.